The van der Waals surface area contributed by atoms with Crippen molar-refractivity contribution >= 4 is 43.3 Å². The van der Waals surface area contributed by atoms with Gasteiger partial charge in [-0.15, -0.1) is 11.3 Å². The standard InChI is InChI=1S/C34H33NOS/c1-20(2)15-31-21(3)25-12-11-23(18-32(25)37-31)27-19-30(35-29-13-14-36-33(27)29)24-16-22-9-7-8-10-26(22)28(17-24)34(4,5)6/h7-14,16-20H,15H2,1-6H3. The molecule has 0 spiro atoms. The maximum atomic E-state index is 5.98. The Kier molecular flexibility index (Phi) is 5.72. The first-order valence-corrected chi connectivity index (χ1v) is 13.9. The normalized spacial score (nSPS) is 12.4. The van der Waals surface area contributed by atoms with E-state index in [0.717, 1.165) is 34.3 Å². The van der Waals surface area contributed by atoms with Crippen LogP contribution >= 0.6 is 11.3 Å². The zero-order valence-corrected chi connectivity index (χ0v) is 23.3. The SMILES string of the molecule is Cc1c(CC(C)C)sc2cc(-c3cc(-c4cc(C(C)(C)C)c5ccccc5c4)nc4ccoc34)ccc12. The lowest BCUT2D eigenvalue weighted by Crippen LogP contribution is -2.12. The molecule has 0 fully saturated rings. The van der Waals surface area contributed by atoms with Gasteiger partial charge in [0.1, 0.15) is 5.52 Å². The number of fused-ring (bicyclic) bond motifs is 3. The molecule has 0 aliphatic rings. The summed E-state index contributed by atoms with van der Waals surface area (Å²) in [7, 11) is 0. The molecule has 0 N–H and O–H groups in total. The summed E-state index contributed by atoms with van der Waals surface area (Å²) in [4.78, 5) is 6.54. The molecule has 0 bridgehead atoms. The van der Waals surface area contributed by atoms with Gasteiger partial charge in [-0.3, -0.25) is 0 Å². The molecule has 3 heteroatoms. The number of thiophene rings is 1. The number of hydrogen-bond acceptors (Lipinski definition) is 3. The van der Waals surface area contributed by atoms with E-state index >= 15 is 0 Å². The number of aromatic nitrogens is 1. The van der Waals surface area contributed by atoms with Gasteiger partial charge in [-0.05, 0) is 81.8 Å². The lowest BCUT2D eigenvalue weighted by atomic mass is 9.82. The zero-order chi connectivity index (χ0) is 25.9. The fourth-order valence-electron chi connectivity index (χ4n) is 5.41. The van der Waals surface area contributed by atoms with Gasteiger partial charge in [0.15, 0.2) is 5.58 Å². The molecule has 3 aromatic heterocycles. The van der Waals surface area contributed by atoms with Crippen LogP contribution in [-0.2, 0) is 11.8 Å². The van der Waals surface area contributed by atoms with E-state index in [2.05, 4.69) is 102 Å². The first-order chi connectivity index (χ1) is 17.7. The van der Waals surface area contributed by atoms with E-state index in [9.17, 15) is 0 Å². The molecule has 0 saturated heterocycles. The van der Waals surface area contributed by atoms with Gasteiger partial charge in [0.2, 0.25) is 0 Å². The average molecular weight is 504 g/mol. The van der Waals surface area contributed by atoms with Gasteiger partial charge in [-0.2, -0.15) is 0 Å². The summed E-state index contributed by atoms with van der Waals surface area (Å²) in [6, 6.07) is 24.3. The lowest BCUT2D eigenvalue weighted by molar-refractivity contribution is 0.596. The predicted molar refractivity (Wildman–Crippen MR) is 160 cm³/mol. The van der Waals surface area contributed by atoms with E-state index in [0.29, 0.717) is 5.92 Å². The van der Waals surface area contributed by atoms with Crippen molar-refractivity contribution in [3.63, 3.8) is 0 Å². The highest BCUT2D eigenvalue weighted by molar-refractivity contribution is 7.19. The summed E-state index contributed by atoms with van der Waals surface area (Å²) < 4.78 is 7.31. The molecule has 2 nitrogen and oxygen atoms in total. The minimum Gasteiger partial charge on any atom is -0.462 e. The fourth-order valence-corrected chi connectivity index (χ4v) is 6.87. The number of pyridine rings is 1. The Morgan fingerprint density at radius 2 is 1.70 bits per heavy atom. The minimum atomic E-state index is 0.0218. The molecule has 0 unspecified atom stereocenters. The Morgan fingerprint density at radius 1 is 0.892 bits per heavy atom. The molecule has 0 aliphatic heterocycles. The van der Waals surface area contributed by atoms with E-state index in [4.69, 9.17) is 9.40 Å². The Balaban J connectivity index is 1.55. The predicted octanol–water partition coefficient (Wildman–Crippen LogP) is 10.3. The van der Waals surface area contributed by atoms with Crippen molar-refractivity contribution in [2.75, 3.05) is 0 Å². The quantitative estimate of drug-likeness (QED) is 0.239. The monoisotopic (exact) mass is 503 g/mol. The summed E-state index contributed by atoms with van der Waals surface area (Å²) in [5.74, 6) is 0.650. The summed E-state index contributed by atoms with van der Waals surface area (Å²) in [6.07, 6.45) is 2.88. The molecule has 37 heavy (non-hydrogen) atoms. The molecule has 0 aliphatic carbocycles. The zero-order valence-electron chi connectivity index (χ0n) is 22.5. The van der Waals surface area contributed by atoms with Crippen LogP contribution in [0.4, 0.5) is 0 Å². The van der Waals surface area contributed by atoms with E-state index in [1.807, 2.05) is 17.4 Å². The highest BCUT2D eigenvalue weighted by atomic mass is 32.1. The van der Waals surface area contributed by atoms with Crippen molar-refractivity contribution in [3.8, 4) is 22.4 Å². The molecule has 186 valence electrons. The van der Waals surface area contributed by atoms with Gasteiger partial charge in [0.05, 0.1) is 12.0 Å². The third-order valence-corrected chi connectivity index (χ3v) is 8.60. The molecule has 0 amide bonds. The highest BCUT2D eigenvalue weighted by Gasteiger charge is 2.20. The van der Waals surface area contributed by atoms with Crippen LogP contribution in [0.15, 0.2) is 77.4 Å². The highest BCUT2D eigenvalue weighted by Crippen LogP contribution is 2.40. The van der Waals surface area contributed by atoms with Crippen molar-refractivity contribution in [2.24, 2.45) is 5.92 Å². The number of hydrogen-bond donors (Lipinski definition) is 0. The van der Waals surface area contributed by atoms with Crippen LogP contribution in [0.5, 0.6) is 0 Å². The summed E-state index contributed by atoms with van der Waals surface area (Å²) in [6.45, 7) is 13.7. The Bertz CT molecular complexity index is 1780. The second kappa shape index (κ2) is 8.85. The Hall–Kier alpha value is -3.43. The van der Waals surface area contributed by atoms with Gasteiger partial charge < -0.3 is 4.42 Å². The number of aryl methyl sites for hydroxylation is 1. The second-order valence-electron chi connectivity index (χ2n) is 11.6. The maximum absolute atomic E-state index is 5.98. The first kappa shape index (κ1) is 23.9. The van der Waals surface area contributed by atoms with Crippen LogP contribution in [0.1, 0.15) is 50.6 Å². The summed E-state index contributed by atoms with van der Waals surface area (Å²) in [5.41, 5.74) is 8.89. The molecule has 0 radical (unpaired) electrons. The summed E-state index contributed by atoms with van der Waals surface area (Å²) >= 11 is 1.93. The third kappa shape index (κ3) is 4.26. The van der Waals surface area contributed by atoms with Crippen LogP contribution in [0.25, 0.3) is 54.3 Å². The van der Waals surface area contributed by atoms with Crippen LogP contribution in [0.2, 0.25) is 0 Å². The number of benzene rings is 3. The van der Waals surface area contributed by atoms with Crippen molar-refractivity contribution in [2.45, 2.75) is 53.4 Å². The van der Waals surface area contributed by atoms with Crippen LogP contribution in [-0.4, -0.2) is 4.98 Å². The van der Waals surface area contributed by atoms with Gasteiger partial charge in [0.25, 0.3) is 0 Å². The largest absolute Gasteiger partial charge is 0.462 e. The molecular formula is C34H33NOS. The van der Waals surface area contributed by atoms with Crippen molar-refractivity contribution in [1.29, 1.82) is 0 Å². The minimum absolute atomic E-state index is 0.0218. The molecule has 0 atom stereocenters. The molecule has 3 heterocycles. The topological polar surface area (TPSA) is 26.0 Å². The third-order valence-electron chi connectivity index (χ3n) is 7.32. The van der Waals surface area contributed by atoms with Crippen molar-refractivity contribution in [3.05, 3.63) is 89.0 Å². The molecule has 0 saturated carbocycles. The number of rotatable bonds is 4. The molecule has 3 aromatic carbocycles. The molecular weight excluding hydrogens is 470 g/mol. The lowest BCUT2D eigenvalue weighted by Gasteiger charge is -2.23. The molecule has 6 rings (SSSR count). The maximum Gasteiger partial charge on any atom is 0.160 e. The van der Waals surface area contributed by atoms with E-state index in [1.165, 1.54) is 42.4 Å². The van der Waals surface area contributed by atoms with Crippen LogP contribution < -0.4 is 0 Å². The van der Waals surface area contributed by atoms with E-state index < -0.39 is 0 Å². The fraction of sp³-hybridized carbons (Fsp3) is 0.265. The van der Waals surface area contributed by atoms with Crippen LogP contribution in [0.3, 0.4) is 0 Å². The summed E-state index contributed by atoms with van der Waals surface area (Å²) in [5, 5.41) is 3.91. The average Bonchev–Trinajstić information content (AvgIpc) is 3.46. The number of nitrogens with zero attached hydrogens (tertiary/aromatic N) is 1. The van der Waals surface area contributed by atoms with E-state index in [1.54, 1.807) is 6.26 Å². The first-order valence-electron chi connectivity index (χ1n) is 13.1. The Labute approximate surface area is 223 Å². The second-order valence-corrected chi connectivity index (χ2v) is 12.8. The van der Waals surface area contributed by atoms with Crippen LogP contribution in [0, 0.1) is 12.8 Å². The smallest absolute Gasteiger partial charge is 0.160 e. The molecule has 6 aromatic rings. The van der Waals surface area contributed by atoms with Crippen molar-refractivity contribution < 1.29 is 4.42 Å². The van der Waals surface area contributed by atoms with Gasteiger partial charge >= 0.3 is 0 Å². The van der Waals surface area contributed by atoms with Gasteiger partial charge in [0, 0.05) is 26.8 Å². The van der Waals surface area contributed by atoms with Crippen molar-refractivity contribution in [1.82, 2.24) is 4.98 Å². The number of furan rings is 1. The van der Waals surface area contributed by atoms with Gasteiger partial charge in [-0.25, -0.2) is 4.98 Å². The van der Waals surface area contributed by atoms with E-state index in [-0.39, 0.29) is 5.41 Å². The Morgan fingerprint density at radius 3 is 2.49 bits per heavy atom. The van der Waals surface area contributed by atoms with Gasteiger partial charge in [-0.1, -0.05) is 71.0 Å².